The van der Waals surface area contributed by atoms with Crippen LogP contribution in [-0.2, 0) is 0 Å². The number of halogens is 1. The summed E-state index contributed by atoms with van der Waals surface area (Å²) in [6.45, 7) is 0. The molecule has 0 radical (unpaired) electrons. The molecule has 2 rings (SSSR count). The van der Waals surface area contributed by atoms with Crippen LogP contribution in [0.1, 0.15) is 0 Å². The van der Waals surface area contributed by atoms with E-state index in [1.165, 1.54) is 12.1 Å². The van der Waals surface area contributed by atoms with E-state index in [4.69, 9.17) is 0 Å². The van der Waals surface area contributed by atoms with Crippen molar-refractivity contribution in [2.45, 2.75) is 0 Å². The minimum absolute atomic E-state index is 0.210. The summed E-state index contributed by atoms with van der Waals surface area (Å²) in [6.07, 6.45) is 0. The van der Waals surface area contributed by atoms with Crippen LogP contribution in [-0.4, -0.2) is 9.85 Å². The maximum Gasteiger partial charge on any atom is 0.299 e. The minimum atomic E-state index is -0.665. The number of hydrogen-bond acceptors (Lipinski definition) is 5. The van der Waals surface area contributed by atoms with E-state index in [9.17, 15) is 20.2 Å². The van der Waals surface area contributed by atoms with Crippen molar-refractivity contribution in [3.05, 3.63) is 66.3 Å². The molecule has 0 aliphatic heterocycles. The first kappa shape index (κ1) is 14.2. The fraction of sp³-hybridized carbons (Fsp3) is 0. The lowest BCUT2D eigenvalue weighted by atomic mass is 10.2. The van der Waals surface area contributed by atoms with Crippen molar-refractivity contribution in [3.8, 4) is 0 Å². The third-order valence-electron chi connectivity index (χ3n) is 2.51. The van der Waals surface area contributed by atoms with Gasteiger partial charge < -0.3 is 5.32 Å². The third-order valence-corrected chi connectivity index (χ3v) is 3.23. The van der Waals surface area contributed by atoms with Crippen LogP contribution in [0, 0.1) is 23.8 Å². The Labute approximate surface area is 127 Å². The number of nitro groups is 2. The van der Waals surface area contributed by atoms with Crippen molar-refractivity contribution < 1.29 is 9.85 Å². The molecular weight excluding hydrogens is 377 g/mol. The van der Waals surface area contributed by atoms with Gasteiger partial charge in [-0.15, -0.1) is 0 Å². The summed E-state index contributed by atoms with van der Waals surface area (Å²) in [7, 11) is 0. The minimum Gasteiger partial charge on any atom is -0.350 e. The maximum absolute atomic E-state index is 11.0. The molecule has 7 nitrogen and oxygen atoms in total. The summed E-state index contributed by atoms with van der Waals surface area (Å²) in [5.74, 6) is 0. The Bertz CT molecular complexity index is 673. The number of rotatable bonds is 4. The zero-order chi connectivity index (χ0) is 14.7. The molecule has 102 valence electrons. The van der Waals surface area contributed by atoms with Gasteiger partial charge in [-0.2, -0.15) is 0 Å². The first-order valence-corrected chi connectivity index (χ1v) is 6.50. The van der Waals surface area contributed by atoms with Gasteiger partial charge in [0, 0.05) is 15.3 Å². The number of benzene rings is 2. The van der Waals surface area contributed by atoms with Gasteiger partial charge in [-0.25, -0.2) is 0 Å². The second kappa shape index (κ2) is 5.82. The quantitative estimate of drug-likeness (QED) is 0.490. The molecule has 20 heavy (non-hydrogen) atoms. The molecule has 0 aliphatic rings. The second-order valence-electron chi connectivity index (χ2n) is 3.85. The Hall–Kier alpha value is -2.23. The van der Waals surface area contributed by atoms with E-state index in [2.05, 4.69) is 27.9 Å². The topological polar surface area (TPSA) is 98.3 Å². The first-order valence-electron chi connectivity index (χ1n) is 5.43. The Balaban J connectivity index is 2.38. The Morgan fingerprint density at radius 1 is 0.950 bits per heavy atom. The van der Waals surface area contributed by atoms with E-state index in [1.807, 2.05) is 12.1 Å². The Kier molecular flexibility index (Phi) is 4.13. The monoisotopic (exact) mass is 385 g/mol. The smallest absolute Gasteiger partial charge is 0.299 e. The van der Waals surface area contributed by atoms with E-state index in [0.717, 1.165) is 9.64 Å². The van der Waals surface area contributed by atoms with Gasteiger partial charge >= 0.3 is 0 Å². The van der Waals surface area contributed by atoms with Crippen LogP contribution in [0.3, 0.4) is 0 Å². The van der Waals surface area contributed by atoms with Gasteiger partial charge in [0.1, 0.15) is 5.69 Å². The van der Waals surface area contributed by atoms with Crippen LogP contribution in [0.25, 0.3) is 0 Å². The molecule has 0 spiro atoms. The van der Waals surface area contributed by atoms with Crippen molar-refractivity contribution in [1.82, 2.24) is 0 Å². The van der Waals surface area contributed by atoms with Crippen molar-refractivity contribution >= 4 is 45.3 Å². The van der Waals surface area contributed by atoms with Gasteiger partial charge in [0.25, 0.3) is 11.4 Å². The third kappa shape index (κ3) is 3.20. The lowest BCUT2D eigenvalue weighted by molar-refractivity contribution is -0.393. The van der Waals surface area contributed by atoms with Gasteiger partial charge in [0.2, 0.25) is 0 Å². The van der Waals surface area contributed by atoms with E-state index < -0.39 is 9.85 Å². The van der Waals surface area contributed by atoms with Crippen LogP contribution >= 0.6 is 22.6 Å². The molecule has 0 unspecified atom stereocenters. The van der Waals surface area contributed by atoms with Crippen molar-refractivity contribution in [2.24, 2.45) is 0 Å². The van der Waals surface area contributed by atoms with E-state index >= 15 is 0 Å². The molecule has 0 bridgehead atoms. The number of hydrogen-bond donors (Lipinski definition) is 1. The largest absolute Gasteiger partial charge is 0.350 e. The molecule has 0 heterocycles. The van der Waals surface area contributed by atoms with E-state index in [1.54, 1.807) is 12.1 Å². The average molecular weight is 385 g/mol. The molecule has 2 aromatic carbocycles. The van der Waals surface area contributed by atoms with Gasteiger partial charge in [-0.05, 0) is 52.9 Å². The molecule has 8 heteroatoms. The van der Waals surface area contributed by atoms with Crippen LogP contribution in [0.5, 0.6) is 0 Å². The van der Waals surface area contributed by atoms with Gasteiger partial charge in [-0.3, -0.25) is 20.2 Å². The fourth-order valence-corrected chi connectivity index (χ4v) is 1.94. The van der Waals surface area contributed by atoms with E-state index in [-0.39, 0.29) is 17.1 Å². The molecular formula is C12H8IN3O4. The summed E-state index contributed by atoms with van der Waals surface area (Å²) in [6, 6.07) is 10.7. The summed E-state index contributed by atoms with van der Waals surface area (Å²) >= 11 is 2.15. The number of nitro benzene ring substituents is 2. The van der Waals surface area contributed by atoms with Crippen LogP contribution in [0.2, 0.25) is 0 Å². The molecule has 1 N–H and O–H groups in total. The number of anilines is 2. The van der Waals surface area contributed by atoms with Crippen molar-refractivity contribution in [1.29, 1.82) is 0 Å². The zero-order valence-electron chi connectivity index (χ0n) is 9.95. The predicted octanol–water partition coefficient (Wildman–Crippen LogP) is 3.85. The SMILES string of the molecule is O=[N+]([O-])c1ccc(Nc2ccc(I)cc2)c([N+](=O)[O-])c1. The lowest BCUT2D eigenvalue weighted by Crippen LogP contribution is -1.98. The number of non-ortho nitro benzene ring substituents is 1. The molecule has 0 aliphatic carbocycles. The highest BCUT2D eigenvalue weighted by Crippen LogP contribution is 2.31. The Morgan fingerprint density at radius 2 is 1.60 bits per heavy atom. The summed E-state index contributed by atoms with van der Waals surface area (Å²) in [4.78, 5) is 20.3. The normalized spacial score (nSPS) is 10.1. The van der Waals surface area contributed by atoms with Gasteiger partial charge in [0.15, 0.2) is 0 Å². The highest BCUT2D eigenvalue weighted by molar-refractivity contribution is 14.1. The fourth-order valence-electron chi connectivity index (χ4n) is 1.58. The summed E-state index contributed by atoms with van der Waals surface area (Å²) in [5.41, 5.74) is 0.229. The molecule has 0 fully saturated rings. The highest BCUT2D eigenvalue weighted by Gasteiger charge is 2.19. The molecule has 0 amide bonds. The molecule has 0 saturated heterocycles. The standard InChI is InChI=1S/C12H8IN3O4/c13-8-1-3-9(4-2-8)14-11-6-5-10(15(17)18)7-12(11)16(19)20/h1-7,14H. The predicted molar refractivity (Wildman–Crippen MR) is 82.2 cm³/mol. The highest BCUT2D eigenvalue weighted by atomic mass is 127. The van der Waals surface area contributed by atoms with Crippen LogP contribution in [0.15, 0.2) is 42.5 Å². The average Bonchev–Trinajstić information content (AvgIpc) is 2.41. The van der Waals surface area contributed by atoms with Gasteiger partial charge in [-0.1, -0.05) is 0 Å². The zero-order valence-corrected chi connectivity index (χ0v) is 12.1. The van der Waals surface area contributed by atoms with Crippen LogP contribution < -0.4 is 5.32 Å². The van der Waals surface area contributed by atoms with Crippen LogP contribution in [0.4, 0.5) is 22.7 Å². The van der Waals surface area contributed by atoms with Crippen molar-refractivity contribution in [3.63, 3.8) is 0 Å². The van der Waals surface area contributed by atoms with Gasteiger partial charge in [0.05, 0.1) is 15.9 Å². The number of nitrogens with zero attached hydrogens (tertiary/aromatic N) is 2. The lowest BCUT2D eigenvalue weighted by Gasteiger charge is -2.07. The van der Waals surface area contributed by atoms with E-state index in [0.29, 0.717) is 5.69 Å². The summed E-state index contributed by atoms with van der Waals surface area (Å²) in [5, 5.41) is 24.5. The molecule has 0 aromatic heterocycles. The molecule has 0 saturated carbocycles. The molecule has 2 aromatic rings. The number of nitrogens with one attached hydrogen (secondary N) is 1. The van der Waals surface area contributed by atoms with Crippen molar-refractivity contribution in [2.75, 3.05) is 5.32 Å². The Morgan fingerprint density at radius 3 is 2.15 bits per heavy atom. The second-order valence-corrected chi connectivity index (χ2v) is 5.09. The first-order chi connectivity index (χ1) is 9.47. The molecule has 0 atom stereocenters. The summed E-state index contributed by atoms with van der Waals surface area (Å²) < 4.78 is 1.03. The maximum atomic E-state index is 11.0.